The van der Waals surface area contributed by atoms with Crippen LogP contribution >= 0.6 is 0 Å². The monoisotopic (exact) mass is 310 g/mol. The molecule has 1 heterocycles. The van der Waals surface area contributed by atoms with E-state index >= 15 is 0 Å². The van der Waals surface area contributed by atoms with Gasteiger partial charge in [0.15, 0.2) is 0 Å². The van der Waals surface area contributed by atoms with Crippen LogP contribution in [0.1, 0.15) is 59.3 Å². The van der Waals surface area contributed by atoms with Crippen LogP contribution in [0.2, 0.25) is 0 Å². The minimum atomic E-state index is -0.350. The predicted molar refractivity (Wildman–Crippen MR) is 95.0 cm³/mol. The van der Waals surface area contributed by atoms with Gasteiger partial charge >= 0.3 is 0 Å². The van der Waals surface area contributed by atoms with Crippen LogP contribution in [0.4, 0.5) is 0 Å². The van der Waals surface area contributed by atoms with Gasteiger partial charge in [0.25, 0.3) is 5.56 Å². The molecule has 2 aromatic rings. The Morgan fingerprint density at radius 1 is 1.17 bits per heavy atom. The molecule has 1 aliphatic carbocycles. The number of nitrogens with zero attached hydrogens (tertiary/aromatic N) is 1. The summed E-state index contributed by atoms with van der Waals surface area (Å²) in [6, 6.07) is 7.98. The van der Waals surface area contributed by atoms with Crippen LogP contribution in [0.25, 0.3) is 0 Å². The zero-order chi connectivity index (χ0) is 16.6. The zero-order valence-electron chi connectivity index (χ0n) is 14.4. The molecule has 0 spiro atoms. The van der Waals surface area contributed by atoms with Crippen molar-refractivity contribution in [2.45, 2.75) is 59.0 Å². The number of hydrogen-bond donors (Lipinski definition) is 1. The lowest BCUT2D eigenvalue weighted by molar-refractivity contribution is 0.612. The van der Waals surface area contributed by atoms with Gasteiger partial charge in [-0.25, -0.2) is 0 Å². The van der Waals surface area contributed by atoms with Gasteiger partial charge in [0.05, 0.1) is 6.04 Å². The van der Waals surface area contributed by atoms with E-state index in [1.807, 2.05) is 4.57 Å². The second kappa shape index (κ2) is 6.32. The van der Waals surface area contributed by atoms with E-state index in [-0.39, 0.29) is 11.6 Å². The van der Waals surface area contributed by atoms with E-state index < -0.39 is 0 Å². The summed E-state index contributed by atoms with van der Waals surface area (Å²) in [5.74, 6) is 0. The highest BCUT2D eigenvalue weighted by Gasteiger charge is 2.22. The molecule has 0 bridgehead atoms. The first-order valence-corrected chi connectivity index (χ1v) is 8.61. The molecule has 1 unspecified atom stereocenters. The minimum absolute atomic E-state index is 0.0972. The standard InChI is InChI=1S/C20H26N2O/c1-4-10-22-18-7-5-6-15(18)12-17(20(22)23)19(21)16-9-8-13(2)11-14(16)3/h8-9,11-12,19H,4-7,10,21H2,1-3H3. The van der Waals surface area contributed by atoms with Crippen molar-refractivity contribution in [3.05, 3.63) is 68.1 Å². The van der Waals surface area contributed by atoms with E-state index in [0.717, 1.165) is 48.9 Å². The second-order valence-corrected chi connectivity index (χ2v) is 6.72. The van der Waals surface area contributed by atoms with Gasteiger partial charge in [-0.3, -0.25) is 4.79 Å². The van der Waals surface area contributed by atoms with Crippen LogP contribution in [0.5, 0.6) is 0 Å². The number of hydrogen-bond acceptors (Lipinski definition) is 2. The second-order valence-electron chi connectivity index (χ2n) is 6.72. The molecule has 3 heteroatoms. The summed E-state index contributed by atoms with van der Waals surface area (Å²) in [5.41, 5.74) is 13.3. The summed E-state index contributed by atoms with van der Waals surface area (Å²) in [6.45, 7) is 7.05. The summed E-state index contributed by atoms with van der Waals surface area (Å²) in [6.07, 6.45) is 4.19. The van der Waals surface area contributed by atoms with Gasteiger partial charge < -0.3 is 10.3 Å². The van der Waals surface area contributed by atoms with Crippen LogP contribution in [0, 0.1) is 13.8 Å². The highest BCUT2D eigenvalue weighted by molar-refractivity contribution is 5.40. The molecule has 1 aromatic heterocycles. The van der Waals surface area contributed by atoms with Gasteiger partial charge in [-0.1, -0.05) is 30.7 Å². The molecule has 0 amide bonds. The summed E-state index contributed by atoms with van der Waals surface area (Å²) in [5, 5.41) is 0. The Labute approximate surface area is 138 Å². The lowest BCUT2D eigenvalue weighted by atomic mass is 9.94. The van der Waals surface area contributed by atoms with Gasteiger partial charge in [0, 0.05) is 17.8 Å². The van der Waals surface area contributed by atoms with E-state index in [0.29, 0.717) is 0 Å². The average molecular weight is 310 g/mol. The van der Waals surface area contributed by atoms with Crippen LogP contribution in [0.15, 0.2) is 29.1 Å². The van der Waals surface area contributed by atoms with Crippen molar-refractivity contribution in [1.82, 2.24) is 4.57 Å². The van der Waals surface area contributed by atoms with Crippen LogP contribution in [0.3, 0.4) is 0 Å². The van der Waals surface area contributed by atoms with E-state index in [1.165, 1.54) is 16.8 Å². The Balaban J connectivity index is 2.12. The van der Waals surface area contributed by atoms with Crippen molar-refractivity contribution in [2.75, 3.05) is 0 Å². The maximum atomic E-state index is 13.0. The Hall–Kier alpha value is -1.87. The third kappa shape index (κ3) is 2.86. The highest BCUT2D eigenvalue weighted by atomic mass is 16.1. The summed E-state index contributed by atoms with van der Waals surface area (Å²) >= 11 is 0. The number of benzene rings is 1. The van der Waals surface area contributed by atoms with E-state index in [1.54, 1.807) is 0 Å². The van der Waals surface area contributed by atoms with Crippen molar-refractivity contribution in [3.8, 4) is 0 Å². The number of aromatic nitrogens is 1. The summed E-state index contributed by atoms with van der Waals surface area (Å²) < 4.78 is 1.97. The van der Waals surface area contributed by atoms with Crippen molar-refractivity contribution in [3.63, 3.8) is 0 Å². The molecule has 3 nitrogen and oxygen atoms in total. The number of aryl methyl sites for hydroxylation is 3. The third-order valence-corrected chi connectivity index (χ3v) is 4.92. The van der Waals surface area contributed by atoms with Crippen LogP contribution in [-0.2, 0) is 19.4 Å². The molecular weight excluding hydrogens is 284 g/mol. The Morgan fingerprint density at radius 2 is 1.96 bits per heavy atom. The largest absolute Gasteiger partial charge is 0.320 e. The normalized spacial score (nSPS) is 14.8. The highest BCUT2D eigenvalue weighted by Crippen LogP contribution is 2.27. The topological polar surface area (TPSA) is 48.0 Å². The number of pyridine rings is 1. The third-order valence-electron chi connectivity index (χ3n) is 4.92. The fourth-order valence-corrected chi connectivity index (χ4v) is 3.77. The van der Waals surface area contributed by atoms with Crippen LogP contribution in [-0.4, -0.2) is 4.57 Å². The average Bonchev–Trinajstić information content (AvgIpc) is 2.97. The maximum Gasteiger partial charge on any atom is 0.255 e. The van der Waals surface area contributed by atoms with Crippen molar-refractivity contribution in [1.29, 1.82) is 0 Å². The lowest BCUT2D eigenvalue weighted by Crippen LogP contribution is -2.31. The fourth-order valence-electron chi connectivity index (χ4n) is 3.77. The maximum absolute atomic E-state index is 13.0. The lowest BCUT2D eigenvalue weighted by Gasteiger charge is -2.19. The quantitative estimate of drug-likeness (QED) is 0.940. The van der Waals surface area contributed by atoms with Gasteiger partial charge in [0.2, 0.25) is 0 Å². The Kier molecular flexibility index (Phi) is 4.40. The fraction of sp³-hybridized carbons (Fsp3) is 0.450. The minimum Gasteiger partial charge on any atom is -0.320 e. The van der Waals surface area contributed by atoms with Gasteiger partial charge in [-0.05, 0) is 62.3 Å². The number of rotatable bonds is 4. The van der Waals surface area contributed by atoms with E-state index in [2.05, 4.69) is 45.0 Å². The number of fused-ring (bicyclic) bond motifs is 1. The Morgan fingerprint density at radius 3 is 2.65 bits per heavy atom. The SMILES string of the molecule is CCCn1c2c(cc(C(N)c3ccc(C)cc3C)c1=O)CCC2. The van der Waals surface area contributed by atoms with Crippen molar-refractivity contribution in [2.24, 2.45) is 5.73 Å². The van der Waals surface area contributed by atoms with Gasteiger partial charge in [-0.2, -0.15) is 0 Å². The molecule has 23 heavy (non-hydrogen) atoms. The molecule has 1 aromatic carbocycles. The molecule has 122 valence electrons. The smallest absolute Gasteiger partial charge is 0.255 e. The molecule has 1 aliphatic rings. The van der Waals surface area contributed by atoms with Crippen molar-refractivity contribution < 1.29 is 0 Å². The Bertz CT molecular complexity index is 789. The molecular formula is C20H26N2O. The molecule has 0 saturated carbocycles. The molecule has 0 saturated heterocycles. The van der Waals surface area contributed by atoms with Crippen molar-refractivity contribution >= 4 is 0 Å². The molecule has 0 radical (unpaired) electrons. The first kappa shape index (κ1) is 16.0. The van der Waals surface area contributed by atoms with Crippen LogP contribution < -0.4 is 11.3 Å². The summed E-state index contributed by atoms with van der Waals surface area (Å²) in [4.78, 5) is 13.0. The van der Waals surface area contributed by atoms with Gasteiger partial charge in [-0.15, -0.1) is 0 Å². The number of nitrogens with two attached hydrogens (primary N) is 1. The molecule has 0 fully saturated rings. The summed E-state index contributed by atoms with van der Waals surface area (Å²) in [7, 11) is 0. The van der Waals surface area contributed by atoms with Gasteiger partial charge in [0.1, 0.15) is 0 Å². The molecule has 3 rings (SSSR count). The molecule has 1 atom stereocenters. The molecule has 2 N–H and O–H groups in total. The molecule has 0 aliphatic heterocycles. The van der Waals surface area contributed by atoms with E-state index in [4.69, 9.17) is 5.73 Å². The predicted octanol–water partition coefficient (Wildman–Crippen LogP) is 3.41. The first-order chi connectivity index (χ1) is 11.0. The zero-order valence-corrected chi connectivity index (χ0v) is 14.4. The van der Waals surface area contributed by atoms with E-state index in [9.17, 15) is 4.79 Å². The first-order valence-electron chi connectivity index (χ1n) is 8.61.